The molecule has 11 heavy (non-hydrogen) atoms. The van der Waals surface area contributed by atoms with E-state index in [2.05, 4.69) is 0 Å². The van der Waals surface area contributed by atoms with Gasteiger partial charge in [-0.05, 0) is 13.8 Å². The number of hydrogen-bond acceptors (Lipinski definition) is 4. The fraction of sp³-hybridized carbons (Fsp3) is 1.00. The van der Waals surface area contributed by atoms with E-state index >= 15 is 0 Å². The van der Waals surface area contributed by atoms with E-state index in [0.29, 0.717) is 6.61 Å². The first-order valence-corrected chi connectivity index (χ1v) is 3.66. The van der Waals surface area contributed by atoms with Crippen molar-refractivity contribution < 1.29 is 19.7 Å². The third kappa shape index (κ3) is 2.13. The summed E-state index contributed by atoms with van der Waals surface area (Å²) in [4.78, 5) is 0. The highest BCUT2D eigenvalue weighted by Gasteiger charge is 2.36. The van der Waals surface area contributed by atoms with E-state index in [0.717, 1.165) is 0 Å². The van der Waals surface area contributed by atoms with Gasteiger partial charge in [0.1, 0.15) is 12.2 Å². The lowest BCUT2D eigenvalue weighted by Gasteiger charge is -2.18. The van der Waals surface area contributed by atoms with Crippen LogP contribution in [0.1, 0.15) is 13.8 Å². The van der Waals surface area contributed by atoms with Gasteiger partial charge >= 0.3 is 0 Å². The van der Waals surface area contributed by atoms with Gasteiger partial charge in [0, 0.05) is 0 Å². The SMILES string of the molecule is CC1(C)OC[C@@H]([C@H](O)CO)O1. The Morgan fingerprint density at radius 3 is 2.64 bits per heavy atom. The van der Waals surface area contributed by atoms with Crippen molar-refractivity contribution in [2.24, 2.45) is 0 Å². The Balaban J connectivity index is 2.41. The molecule has 1 fully saturated rings. The lowest BCUT2D eigenvalue weighted by atomic mass is 10.2. The van der Waals surface area contributed by atoms with Gasteiger partial charge in [-0.15, -0.1) is 0 Å². The van der Waals surface area contributed by atoms with Crippen LogP contribution in [0.5, 0.6) is 0 Å². The molecule has 1 rings (SSSR count). The number of rotatable bonds is 2. The summed E-state index contributed by atoms with van der Waals surface area (Å²) in [6.45, 7) is 3.60. The molecule has 0 saturated carbocycles. The minimum Gasteiger partial charge on any atom is -0.394 e. The van der Waals surface area contributed by atoms with E-state index in [-0.39, 0.29) is 6.61 Å². The fourth-order valence-electron chi connectivity index (χ4n) is 1.02. The number of aliphatic hydroxyl groups excluding tert-OH is 2. The van der Waals surface area contributed by atoms with Gasteiger partial charge in [0.15, 0.2) is 5.79 Å². The Hall–Kier alpha value is -0.160. The smallest absolute Gasteiger partial charge is 0.163 e. The molecule has 2 N–H and O–H groups in total. The summed E-state index contributed by atoms with van der Waals surface area (Å²) in [6, 6.07) is 0. The Kier molecular flexibility index (Phi) is 2.49. The summed E-state index contributed by atoms with van der Waals surface area (Å²) in [5.41, 5.74) is 0. The fourth-order valence-corrected chi connectivity index (χ4v) is 1.02. The second-order valence-electron chi connectivity index (χ2n) is 3.12. The first kappa shape index (κ1) is 8.93. The van der Waals surface area contributed by atoms with Crippen LogP contribution in [0.3, 0.4) is 0 Å². The molecular formula is C7H14O4. The van der Waals surface area contributed by atoms with Crippen LogP contribution in [0, 0.1) is 0 Å². The second-order valence-corrected chi connectivity index (χ2v) is 3.12. The van der Waals surface area contributed by atoms with Crippen molar-refractivity contribution in [3.8, 4) is 0 Å². The molecule has 1 aliphatic rings. The first-order valence-electron chi connectivity index (χ1n) is 3.66. The van der Waals surface area contributed by atoms with Gasteiger partial charge in [0.05, 0.1) is 13.2 Å². The van der Waals surface area contributed by atoms with E-state index in [9.17, 15) is 0 Å². The zero-order valence-corrected chi connectivity index (χ0v) is 6.78. The van der Waals surface area contributed by atoms with Crippen molar-refractivity contribution in [2.45, 2.75) is 31.8 Å². The standard InChI is InChI=1S/C7H14O4/c1-7(2)10-4-6(11-7)5(9)3-8/h5-6,8-9H,3-4H2,1-2H3/t5-,6+/m1/s1. The summed E-state index contributed by atoms with van der Waals surface area (Å²) in [5, 5.41) is 17.7. The van der Waals surface area contributed by atoms with Crippen LogP contribution in [-0.2, 0) is 9.47 Å². The molecule has 0 aliphatic carbocycles. The van der Waals surface area contributed by atoms with Gasteiger partial charge in [-0.3, -0.25) is 0 Å². The molecule has 1 aliphatic heterocycles. The van der Waals surface area contributed by atoms with E-state index in [1.54, 1.807) is 13.8 Å². The molecule has 4 nitrogen and oxygen atoms in total. The predicted octanol–water partition coefficient (Wildman–Crippen LogP) is -0.509. The van der Waals surface area contributed by atoms with Crippen LogP contribution in [0.15, 0.2) is 0 Å². The Morgan fingerprint density at radius 2 is 2.27 bits per heavy atom. The molecule has 1 saturated heterocycles. The van der Waals surface area contributed by atoms with Crippen LogP contribution in [0.2, 0.25) is 0 Å². The Labute approximate surface area is 65.7 Å². The molecule has 0 amide bonds. The summed E-state index contributed by atoms with van der Waals surface area (Å²) < 4.78 is 10.5. The number of hydrogen-bond donors (Lipinski definition) is 2. The molecule has 0 aromatic heterocycles. The molecule has 66 valence electrons. The van der Waals surface area contributed by atoms with Crippen LogP contribution in [0.4, 0.5) is 0 Å². The molecule has 1 heterocycles. The average Bonchev–Trinajstić information content (AvgIpc) is 2.29. The zero-order chi connectivity index (χ0) is 8.48. The predicted molar refractivity (Wildman–Crippen MR) is 38.0 cm³/mol. The van der Waals surface area contributed by atoms with Crippen molar-refractivity contribution in [2.75, 3.05) is 13.2 Å². The van der Waals surface area contributed by atoms with E-state index < -0.39 is 18.0 Å². The minimum atomic E-state index is -0.836. The highest BCUT2D eigenvalue weighted by Crippen LogP contribution is 2.23. The highest BCUT2D eigenvalue weighted by atomic mass is 16.7. The van der Waals surface area contributed by atoms with Crippen LogP contribution >= 0.6 is 0 Å². The monoisotopic (exact) mass is 162 g/mol. The van der Waals surface area contributed by atoms with Gasteiger partial charge < -0.3 is 19.7 Å². The van der Waals surface area contributed by atoms with Crippen LogP contribution in [0.25, 0.3) is 0 Å². The molecule has 0 spiro atoms. The normalized spacial score (nSPS) is 32.2. The summed E-state index contributed by atoms with van der Waals surface area (Å²) in [6.07, 6.45) is -1.23. The van der Waals surface area contributed by atoms with E-state index in [1.165, 1.54) is 0 Å². The van der Waals surface area contributed by atoms with Gasteiger partial charge in [0.2, 0.25) is 0 Å². The maximum Gasteiger partial charge on any atom is 0.163 e. The van der Waals surface area contributed by atoms with Crippen LogP contribution < -0.4 is 0 Å². The average molecular weight is 162 g/mol. The highest BCUT2D eigenvalue weighted by molar-refractivity contribution is 4.76. The van der Waals surface area contributed by atoms with Gasteiger partial charge in [-0.2, -0.15) is 0 Å². The number of aliphatic hydroxyl groups is 2. The lowest BCUT2D eigenvalue weighted by Crippen LogP contribution is -2.33. The Bertz CT molecular complexity index is 134. The summed E-state index contributed by atoms with van der Waals surface area (Å²) in [7, 11) is 0. The van der Waals surface area contributed by atoms with Crippen molar-refractivity contribution in [1.29, 1.82) is 0 Å². The summed E-state index contributed by atoms with van der Waals surface area (Å²) in [5.74, 6) is -0.624. The van der Waals surface area contributed by atoms with Crippen LogP contribution in [-0.4, -0.2) is 41.4 Å². The second kappa shape index (κ2) is 3.06. The van der Waals surface area contributed by atoms with Gasteiger partial charge in [-0.25, -0.2) is 0 Å². The largest absolute Gasteiger partial charge is 0.394 e. The third-order valence-corrected chi connectivity index (χ3v) is 1.65. The maximum absolute atomic E-state index is 9.13. The topological polar surface area (TPSA) is 58.9 Å². The van der Waals surface area contributed by atoms with Crippen molar-refractivity contribution in [3.05, 3.63) is 0 Å². The van der Waals surface area contributed by atoms with Gasteiger partial charge in [0.25, 0.3) is 0 Å². The molecule has 0 unspecified atom stereocenters. The quantitative estimate of drug-likeness (QED) is 0.574. The summed E-state index contributed by atoms with van der Waals surface area (Å²) >= 11 is 0. The molecule has 0 aromatic rings. The molecule has 0 aromatic carbocycles. The van der Waals surface area contributed by atoms with E-state index in [1.807, 2.05) is 0 Å². The molecule has 0 radical (unpaired) electrons. The molecule has 4 heteroatoms. The zero-order valence-electron chi connectivity index (χ0n) is 6.78. The maximum atomic E-state index is 9.13. The van der Waals surface area contributed by atoms with Crippen molar-refractivity contribution in [3.63, 3.8) is 0 Å². The Morgan fingerprint density at radius 1 is 1.64 bits per heavy atom. The number of ether oxygens (including phenoxy) is 2. The first-order chi connectivity index (χ1) is 5.05. The third-order valence-electron chi connectivity index (χ3n) is 1.65. The van der Waals surface area contributed by atoms with Crippen molar-refractivity contribution in [1.82, 2.24) is 0 Å². The van der Waals surface area contributed by atoms with Crippen molar-refractivity contribution >= 4 is 0 Å². The lowest BCUT2D eigenvalue weighted by molar-refractivity contribution is -0.153. The van der Waals surface area contributed by atoms with E-state index in [4.69, 9.17) is 19.7 Å². The van der Waals surface area contributed by atoms with Gasteiger partial charge in [-0.1, -0.05) is 0 Å². The molecular weight excluding hydrogens is 148 g/mol. The minimum absolute atomic E-state index is 0.288. The molecule has 0 bridgehead atoms. The molecule has 2 atom stereocenters.